The van der Waals surface area contributed by atoms with Crippen molar-refractivity contribution in [2.24, 2.45) is 5.10 Å². The number of carbonyl (C=O) groups is 1. The SMILES string of the molecule is Cc1ccc2c(c1)c1c3n2CCN(CC(=O)NN=Cc2ccc(Cl)cc2)[C@H]3CCC1. The molecular weight excluding hydrogens is 396 g/mol. The fraction of sp³-hybridized carbons (Fsp3) is 0.333. The van der Waals surface area contributed by atoms with E-state index in [0.717, 1.165) is 37.9 Å². The van der Waals surface area contributed by atoms with Crippen molar-refractivity contribution in [2.45, 2.75) is 38.8 Å². The molecule has 2 heterocycles. The number of hydrazone groups is 1. The van der Waals surface area contributed by atoms with E-state index in [1.807, 2.05) is 12.1 Å². The predicted octanol–water partition coefficient (Wildman–Crippen LogP) is 4.45. The second-order valence-corrected chi connectivity index (χ2v) is 8.70. The number of aryl methyl sites for hydroxylation is 2. The Bertz CT molecular complexity index is 1130. The number of hydrogen-bond donors (Lipinski definition) is 1. The average molecular weight is 421 g/mol. The van der Waals surface area contributed by atoms with Crippen LogP contribution in [0.5, 0.6) is 0 Å². The third-order valence-corrected chi connectivity index (χ3v) is 6.51. The molecule has 1 aliphatic heterocycles. The number of benzene rings is 2. The number of halogens is 1. The highest BCUT2D eigenvalue weighted by atomic mass is 35.5. The first-order valence-electron chi connectivity index (χ1n) is 10.5. The highest BCUT2D eigenvalue weighted by Crippen LogP contribution is 2.42. The Morgan fingerprint density at radius 1 is 1.23 bits per heavy atom. The molecule has 0 saturated carbocycles. The summed E-state index contributed by atoms with van der Waals surface area (Å²) in [4.78, 5) is 14.9. The molecule has 5 rings (SSSR count). The molecule has 1 atom stereocenters. The summed E-state index contributed by atoms with van der Waals surface area (Å²) in [5.41, 5.74) is 9.13. The van der Waals surface area contributed by atoms with E-state index in [1.54, 1.807) is 18.3 Å². The van der Waals surface area contributed by atoms with Gasteiger partial charge in [-0.25, -0.2) is 5.43 Å². The maximum absolute atomic E-state index is 12.6. The van der Waals surface area contributed by atoms with Crippen molar-refractivity contribution < 1.29 is 4.79 Å². The second kappa shape index (κ2) is 7.89. The first kappa shape index (κ1) is 19.3. The summed E-state index contributed by atoms with van der Waals surface area (Å²) in [6.07, 6.45) is 5.04. The molecule has 154 valence electrons. The lowest BCUT2D eigenvalue weighted by Gasteiger charge is -2.39. The van der Waals surface area contributed by atoms with E-state index in [0.29, 0.717) is 17.6 Å². The Balaban J connectivity index is 1.32. The molecular formula is C24H25ClN4O. The second-order valence-electron chi connectivity index (χ2n) is 8.26. The van der Waals surface area contributed by atoms with Gasteiger partial charge in [-0.05, 0) is 61.6 Å². The Hall–Kier alpha value is -2.63. The van der Waals surface area contributed by atoms with Crippen LogP contribution in [0, 0.1) is 6.92 Å². The van der Waals surface area contributed by atoms with Crippen molar-refractivity contribution in [2.75, 3.05) is 13.1 Å². The van der Waals surface area contributed by atoms with Crippen molar-refractivity contribution in [1.29, 1.82) is 0 Å². The van der Waals surface area contributed by atoms with Gasteiger partial charge in [0.25, 0.3) is 5.91 Å². The van der Waals surface area contributed by atoms with Gasteiger partial charge in [-0.2, -0.15) is 5.10 Å². The lowest BCUT2D eigenvalue weighted by molar-refractivity contribution is -0.123. The van der Waals surface area contributed by atoms with E-state index in [9.17, 15) is 4.79 Å². The number of fused-ring (bicyclic) bond motifs is 3. The maximum atomic E-state index is 12.6. The summed E-state index contributed by atoms with van der Waals surface area (Å²) < 4.78 is 2.49. The van der Waals surface area contributed by atoms with Crippen molar-refractivity contribution in [3.05, 3.63) is 69.9 Å². The van der Waals surface area contributed by atoms with E-state index < -0.39 is 0 Å². The molecule has 5 nitrogen and oxygen atoms in total. The number of nitrogens with one attached hydrogen (secondary N) is 1. The van der Waals surface area contributed by atoms with Crippen LogP contribution in [0.15, 0.2) is 47.6 Å². The number of aromatic nitrogens is 1. The molecule has 0 radical (unpaired) electrons. The third-order valence-electron chi connectivity index (χ3n) is 6.26. The lowest BCUT2D eigenvalue weighted by Crippen LogP contribution is -2.44. The van der Waals surface area contributed by atoms with Crippen LogP contribution in [0.1, 0.15) is 41.3 Å². The van der Waals surface area contributed by atoms with Crippen molar-refractivity contribution in [1.82, 2.24) is 14.9 Å². The fourth-order valence-corrected chi connectivity index (χ4v) is 5.05. The predicted molar refractivity (Wildman–Crippen MR) is 121 cm³/mol. The van der Waals surface area contributed by atoms with Gasteiger partial charge in [0.1, 0.15) is 0 Å². The third kappa shape index (κ3) is 3.53. The summed E-state index contributed by atoms with van der Waals surface area (Å²) in [6, 6.07) is 14.4. The number of hydrogen-bond acceptors (Lipinski definition) is 3. The van der Waals surface area contributed by atoms with Gasteiger partial charge in [0.05, 0.1) is 18.8 Å². The highest BCUT2D eigenvalue weighted by Gasteiger charge is 2.35. The zero-order chi connectivity index (χ0) is 20.7. The minimum Gasteiger partial charge on any atom is -0.342 e. The zero-order valence-corrected chi connectivity index (χ0v) is 17.8. The number of rotatable bonds is 4. The lowest BCUT2D eigenvalue weighted by atomic mass is 9.89. The molecule has 1 N–H and O–H groups in total. The molecule has 30 heavy (non-hydrogen) atoms. The quantitative estimate of drug-likeness (QED) is 0.501. The van der Waals surface area contributed by atoms with Gasteiger partial charge in [0, 0.05) is 34.7 Å². The van der Waals surface area contributed by atoms with Gasteiger partial charge in [0.15, 0.2) is 0 Å². The minimum absolute atomic E-state index is 0.0762. The highest BCUT2D eigenvalue weighted by molar-refractivity contribution is 6.30. The first-order chi connectivity index (χ1) is 14.6. The van der Waals surface area contributed by atoms with Gasteiger partial charge in [0.2, 0.25) is 0 Å². The van der Waals surface area contributed by atoms with E-state index in [-0.39, 0.29) is 5.91 Å². The minimum atomic E-state index is -0.0762. The van der Waals surface area contributed by atoms with Crippen molar-refractivity contribution in [3.8, 4) is 0 Å². The van der Waals surface area contributed by atoms with E-state index in [2.05, 4.69) is 45.1 Å². The normalized spacial score (nSPS) is 18.7. The molecule has 0 spiro atoms. The standard InChI is InChI=1S/C24H25ClN4O/c1-16-5-10-21-20(13-16)19-3-2-4-22-24(19)29(21)12-11-28(22)15-23(30)27-26-14-17-6-8-18(25)9-7-17/h5-10,13-14,22H,2-4,11-12,15H2,1H3,(H,27,30)/t22-/m0/s1. The van der Waals surface area contributed by atoms with Crippen LogP contribution in [0.2, 0.25) is 5.02 Å². The molecule has 0 bridgehead atoms. The van der Waals surface area contributed by atoms with Crippen LogP contribution in [-0.2, 0) is 17.8 Å². The molecule has 0 unspecified atom stereocenters. The molecule has 2 aliphatic rings. The molecule has 1 aromatic heterocycles. The molecule has 3 aromatic rings. The number of carbonyl (C=O) groups excluding carboxylic acids is 1. The summed E-state index contributed by atoms with van der Waals surface area (Å²) in [5.74, 6) is -0.0762. The Morgan fingerprint density at radius 2 is 2.07 bits per heavy atom. The first-order valence-corrected chi connectivity index (χ1v) is 10.9. The smallest absolute Gasteiger partial charge is 0.254 e. The van der Waals surface area contributed by atoms with Gasteiger partial charge >= 0.3 is 0 Å². The van der Waals surface area contributed by atoms with Crippen molar-refractivity contribution in [3.63, 3.8) is 0 Å². The largest absolute Gasteiger partial charge is 0.342 e. The van der Waals surface area contributed by atoms with Crippen molar-refractivity contribution >= 4 is 34.6 Å². The Labute approximate surface area is 181 Å². The number of nitrogens with zero attached hydrogens (tertiary/aromatic N) is 3. The van der Waals surface area contributed by atoms with Crippen LogP contribution in [0.3, 0.4) is 0 Å². The average Bonchev–Trinajstić information content (AvgIpc) is 3.06. The molecule has 2 aromatic carbocycles. The van der Waals surface area contributed by atoms with Crippen LogP contribution in [-0.4, -0.2) is 34.7 Å². The summed E-state index contributed by atoms with van der Waals surface area (Å²) in [5, 5.41) is 6.19. The monoisotopic (exact) mass is 420 g/mol. The zero-order valence-electron chi connectivity index (χ0n) is 17.1. The van der Waals surface area contributed by atoms with E-state index in [1.165, 1.54) is 27.7 Å². The van der Waals surface area contributed by atoms with E-state index in [4.69, 9.17) is 11.6 Å². The maximum Gasteiger partial charge on any atom is 0.254 e. The molecule has 0 saturated heterocycles. The fourth-order valence-electron chi connectivity index (χ4n) is 4.93. The van der Waals surface area contributed by atoms with Gasteiger partial charge in [-0.3, -0.25) is 9.69 Å². The van der Waals surface area contributed by atoms with Gasteiger partial charge in [-0.15, -0.1) is 0 Å². The topological polar surface area (TPSA) is 49.6 Å². The summed E-state index contributed by atoms with van der Waals surface area (Å²) >= 11 is 5.90. The van der Waals surface area contributed by atoms with Crippen LogP contribution in [0.25, 0.3) is 10.9 Å². The van der Waals surface area contributed by atoms with Crippen LogP contribution >= 0.6 is 11.6 Å². The molecule has 1 amide bonds. The summed E-state index contributed by atoms with van der Waals surface area (Å²) in [7, 11) is 0. The number of amides is 1. The van der Waals surface area contributed by atoms with E-state index >= 15 is 0 Å². The van der Waals surface area contributed by atoms with Gasteiger partial charge < -0.3 is 4.57 Å². The molecule has 1 aliphatic carbocycles. The van der Waals surface area contributed by atoms with Crippen LogP contribution < -0.4 is 5.43 Å². The molecule has 6 heteroatoms. The Kier molecular flexibility index (Phi) is 5.09. The van der Waals surface area contributed by atoms with Crippen LogP contribution in [0.4, 0.5) is 0 Å². The summed E-state index contributed by atoms with van der Waals surface area (Å²) in [6.45, 7) is 4.32. The Morgan fingerprint density at radius 3 is 2.90 bits per heavy atom. The molecule has 0 fully saturated rings. The van der Waals surface area contributed by atoms with Gasteiger partial charge in [-0.1, -0.05) is 35.4 Å².